The van der Waals surface area contributed by atoms with E-state index in [9.17, 15) is 8.42 Å². The molecule has 0 N–H and O–H groups in total. The van der Waals surface area contributed by atoms with E-state index >= 15 is 0 Å². The summed E-state index contributed by atoms with van der Waals surface area (Å²) in [7, 11) is -1.18. The van der Waals surface area contributed by atoms with Gasteiger partial charge in [-0.05, 0) is 20.9 Å². The van der Waals surface area contributed by atoms with E-state index in [2.05, 4.69) is 0 Å². The molecule has 0 rings (SSSR count). The predicted molar refractivity (Wildman–Crippen MR) is 42.0 cm³/mol. The Bertz CT molecular complexity index is 186. The van der Waals surface area contributed by atoms with Crippen LogP contribution in [0.1, 0.15) is 13.8 Å². The second kappa shape index (κ2) is 3.34. The molecule has 0 aliphatic carbocycles. The number of hydrogen-bond acceptors (Lipinski definition) is 3. The van der Waals surface area contributed by atoms with Crippen LogP contribution in [-0.2, 0) is 9.84 Å². The zero-order valence-corrected chi connectivity index (χ0v) is 7.64. The predicted octanol–water partition coefficient (Wildman–Crippen LogP) is 0.490. The molecule has 1 unspecified atom stereocenters. The molecule has 4 heteroatoms. The topological polar surface area (TPSA) is 37.4 Å². The van der Waals surface area contributed by atoms with Gasteiger partial charge in [0.05, 0.1) is 0 Å². The van der Waals surface area contributed by atoms with Gasteiger partial charge in [0, 0.05) is 12.8 Å². The van der Waals surface area contributed by atoms with E-state index in [-0.39, 0.29) is 0 Å². The summed E-state index contributed by atoms with van der Waals surface area (Å²) in [5.41, 5.74) is 0. The van der Waals surface area contributed by atoms with Crippen LogP contribution in [0.5, 0.6) is 0 Å². The Morgan fingerprint density at radius 2 is 1.90 bits per heavy atom. The van der Waals surface area contributed by atoms with Gasteiger partial charge in [-0.3, -0.25) is 4.90 Å². The van der Waals surface area contributed by atoms with E-state index < -0.39 is 15.2 Å². The zero-order valence-electron chi connectivity index (χ0n) is 6.83. The molecular formula is C6H14NO2S. The monoisotopic (exact) mass is 164 g/mol. The minimum absolute atomic E-state index is 0.419. The molecule has 0 saturated carbocycles. The zero-order chi connectivity index (χ0) is 8.36. The molecule has 0 fully saturated rings. The molecule has 1 atom stereocenters. The van der Waals surface area contributed by atoms with Crippen LogP contribution in [-0.4, -0.2) is 32.0 Å². The van der Waals surface area contributed by atoms with E-state index in [1.807, 2.05) is 6.92 Å². The van der Waals surface area contributed by atoms with E-state index in [4.69, 9.17) is 0 Å². The van der Waals surface area contributed by atoms with Crippen molar-refractivity contribution in [3.8, 4) is 0 Å². The van der Waals surface area contributed by atoms with Crippen molar-refractivity contribution in [3.05, 3.63) is 6.54 Å². The summed E-state index contributed by atoms with van der Waals surface area (Å²) in [5.74, 6) is 0. The average Bonchev–Trinajstić information content (AvgIpc) is 1.83. The maximum absolute atomic E-state index is 10.9. The second-order valence-electron chi connectivity index (χ2n) is 2.35. The summed E-state index contributed by atoms with van der Waals surface area (Å²) in [6.45, 7) is 5.21. The maximum atomic E-state index is 10.9. The number of hydrogen-bond donors (Lipinski definition) is 0. The highest BCUT2D eigenvalue weighted by molar-refractivity contribution is 7.91. The molecule has 1 radical (unpaired) electrons. The first kappa shape index (κ1) is 9.91. The lowest BCUT2D eigenvalue weighted by molar-refractivity contribution is 0.384. The normalized spacial score (nSPS) is 15.7. The molecule has 0 aliphatic heterocycles. The van der Waals surface area contributed by atoms with E-state index in [1.54, 1.807) is 25.4 Å². The standard InChI is InChI=1S/C6H14NO2S/c1-5-7(3)6(2)10(4,8)9/h5-6H,1-4H3. The fraction of sp³-hybridized carbons (Fsp3) is 0.833. The molecule has 0 spiro atoms. The first-order valence-electron chi connectivity index (χ1n) is 3.10. The highest BCUT2D eigenvalue weighted by Crippen LogP contribution is 2.03. The van der Waals surface area contributed by atoms with Gasteiger partial charge in [-0.15, -0.1) is 0 Å². The first-order chi connectivity index (χ1) is 4.39. The van der Waals surface area contributed by atoms with Gasteiger partial charge in [-0.25, -0.2) is 8.42 Å². The molecule has 10 heavy (non-hydrogen) atoms. The smallest absolute Gasteiger partial charge is 0.163 e. The van der Waals surface area contributed by atoms with Crippen LogP contribution in [0.25, 0.3) is 0 Å². The van der Waals surface area contributed by atoms with Crippen LogP contribution < -0.4 is 0 Å². The highest BCUT2D eigenvalue weighted by Gasteiger charge is 2.17. The van der Waals surface area contributed by atoms with Gasteiger partial charge in [0.1, 0.15) is 5.37 Å². The van der Waals surface area contributed by atoms with Gasteiger partial charge in [0.25, 0.3) is 0 Å². The first-order valence-corrected chi connectivity index (χ1v) is 5.05. The molecule has 0 aromatic rings. The number of rotatable bonds is 3. The van der Waals surface area contributed by atoms with Crippen LogP contribution >= 0.6 is 0 Å². The summed E-state index contributed by atoms with van der Waals surface area (Å²) in [6.07, 6.45) is 1.23. The number of sulfone groups is 1. The summed E-state index contributed by atoms with van der Waals surface area (Å²) >= 11 is 0. The Hall–Kier alpha value is -0.0900. The molecule has 61 valence electrons. The van der Waals surface area contributed by atoms with Gasteiger partial charge in [-0.2, -0.15) is 0 Å². The van der Waals surface area contributed by atoms with E-state index in [0.29, 0.717) is 0 Å². The van der Waals surface area contributed by atoms with Crippen LogP contribution in [0.4, 0.5) is 0 Å². The van der Waals surface area contributed by atoms with Crippen LogP contribution in [0.2, 0.25) is 0 Å². The van der Waals surface area contributed by atoms with Gasteiger partial charge in [-0.1, -0.05) is 0 Å². The van der Waals surface area contributed by atoms with E-state index in [1.165, 1.54) is 6.26 Å². The van der Waals surface area contributed by atoms with Crippen molar-refractivity contribution in [2.45, 2.75) is 19.2 Å². The van der Waals surface area contributed by atoms with Crippen molar-refractivity contribution >= 4 is 9.84 Å². The van der Waals surface area contributed by atoms with Crippen molar-refractivity contribution in [3.63, 3.8) is 0 Å². The third-order valence-electron chi connectivity index (χ3n) is 1.60. The minimum atomic E-state index is -2.92. The third kappa shape index (κ3) is 2.66. The van der Waals surface area contributed by atoms with Crippen LogP contribution in [0, 0.1) is 6.54 Å². The van der Waals surface area contributed by atoms with Crippen molar-refractivity contribution in [1.29, 1.82) is 0 Å². The number of nitrogens with zero attached hydrogens (tertiary/aromatic N) is 1. The lowest BCUT2D eigenvalue weighted by Gasteiger charge is -2.20. The second-order valence-corrected chi connectivity index (χ2v) is 4.69. The lowest BCUT2D eigenvalue weighted by Crippen LogP contribution is -2.32. The summed E-state index contributed by atoms with van der Waals surface area (Å²) < 4.78 is 21.7. The molecule has 0 aromatic carbocycles. The maximum Gasteiger partial charge on any atom is 0.163 e. The van der Waals surface area contributed by atoms with Gasteiger partial charge in [0.15, 0.2) is 9.84 Å². The molecule has 0 aromatic heterocycles. The largest absolute Gasteiger partial charge is 0.286 e. The molecule has 3 nitrogen and oxygen atoms in total. The minimum Gasteiger partial charge on any atom is -0.286 e. The molecular weight excluding hydrogens is 150 g/mol. The quantitative estimate of drug-likeness (QED) is 0.609. The van der Waals surface area contributed by atoms with Crippen molar-refractivity contribution in [2.75, 3.05) is 13.3 Å². The Morgan fingerprint density at radius 3 is 2.00 bits per heavy atom. The van der Waals surface area contributed by atoms with Crippen molar-refractivity contribution in [2.24, 2.45) is 0 Å². The Morgan fingerprint density at radius 1 is 1.50 bits per heavy atom. The van der Waals surface area contributed by atoms with Crippen molar-refractivity contribution < 1.29 is 8.42 Å². The van der Waals surface area contributed by atoms with Crippen LogP contribution in [0.3, 0.4) is 0 Å². The van der Waals surface area contributed by atoms with Crippen molar-refractivity contribution in [1.82, 2.24) is 4.90 Å². The SMILES string of the molecule is C[CH]N(C)C(C)S(C)(=O)=O. The lowest BCUT2D eigenvalue weighted by atomic mass is 10.6. The molecule has 0 saturated heterocycles. The highest BCUT2D eigenvalue weighted by atomic mass is 32.2. The molecule has 0 bridgehead atoms. The summed E-state index contributed by atoms with van der Waals surface area (Å²) in [6, 6.07) is 0. The van der Waals surface area contributed by atoms with Crippen LogP contribution in [0.15, 0.2) is 0 Å². The molecule has 0 aliphatic rings. The fourth-order valence-electron chi connectivity index (χ4n) is 0.512. The third-order valence-corrected chi connectivity index (χ3v) is 3.17. The molecule has 0 amide bonds. The van der Waals surface area contributed by atoms with Gasteiger partial charge >= 0.3 is 0 Å². The van der Waals surface area contributed by atoms with Gasteiger partial charge in [0.2, 0.25) is 0 Å². The molecule has 0 heterocycles. The Balaban J connectivity index is 4.23. The summed E-state index contributed by atoms with van der Waals surface area (Å²) in [5, 5.41) is -0.419. The average molecular weight is 164 g/mol. The Labute approximate surface area is 62.9 Å². The summed E-state index contributed by atoms with van der Waals surface area (Å²) in [4.78, 5) is 1.66. The fourth-order valence-corrected chi connectivity index (χ4v) is 1.24. The van der Waals surface area contributed by atoms with E-state index in [0.717, 1.165) is 0 Å². The van der Waals surface area contributed by atoms with Gasteiger partial charge < -0.3 is 0 Å². The Kier molecular flexibility index (Phi) is 3.31.